The zero-order chi connectivity index (χ0) is 14.1. The zero-order valence-corrected chi connectivity index (χ0v) is 11.5. The molecule has 0 atom stereocenters. The van der Waals surface area contributed by atoms with Crippen LogP contribution in [0.5, 0.6) is 0 Å². The molecule has 1 fully saturated rings. The molecule has 1 amide bonds. The molecule has 20 heavy (non-hydrogen) atoms. The van der Waals surface area contributed by atoms with Crippen LogP contribution in [-0.4, -0.2) is 21.0 Å². The van der Waals surface area contributed by atoms with E-state index >= 15 is 0 Å². The third-order valence-electron chi connectivity index (χ3n) is 3.43. The Balaban J connectivity index is 1.67. The Morgan fingerprint density at radius 1 is 1.40 bits per heavy atom. The molecule has 0 aliphatic heterocycles. The van der Waals surface area contributed by atoms with E-state index < -0.39 is 0 Å². The Bertz CT molecular complexity index is 627. The summed E-state index contributed by atoms with van der Waals surface area (Å²) in [7, 11) is 0. The second-order valence-electron chi connectivity index (χ2n) is 5.09. The number of aromatic nitrogens is 3. The normalized spacial score (nSPS) is 14.3. The molecule has 0 aromatic carbocycles. The van der Waals surface area contributed by atoms with Crippen LogP contribution in [0.3, 0.4) is 0 Å². The quantitative estimate of drug-likeness (QED) is 0.919. The van der Waals surface area contributed by atoms with Gasteiger partial charge < -0.3 is 9.84 Å². The number of nitrogens with zero attached hydrogens (tertiary/aromatic N) is 3. The highest BCUT2D eigenvalue weighted by molar-refractivity contribution is 5.95. The number of aryl methyl sites for hydroxylation is 2. The molecule has 3 rings (SSSR count). The van der Waals surface area contributed by atoms with E-state index in [0.717, 1.165) is 11.4 Å². The van der Waals surface area contributed by atoms with Crippen molar-refractivity contribution in [1.29, 1.82) is 0 Å². The Labute approximate surface area is 116 Å². The Morgan fingerprint density at radius 3 is 2.85 bits per heavy atom. The van der Waals surface area contributed by atoms with Crippen LogP contribution in [-0.2, 0) is 6.54 Å². The third kappa shape index (κ3) is 2.54. The standard InChI is InChI=1S/C14H16N4O2/c1-8-13(9(2)20-18-8)14(19)15-6-11-5-12(10-3-4-10)17-7-16-11/h5,7,10H,3-4,6H2,1-2H3,(H,15,19). The highest BCUT2D eigenvalue weighted by atomic mass is 16.5. The van der Waals surface area contributed by atoms with Crippen molar-refractivity contribution < 1.29 is 9.32 Å². The van der Waals surface area contributed by atoms with Gasteiger partial charge in [-0.15, -0.1) is 0 Å². The van der Waals surface area contributed by atoms with Crippen molar-refractivity contribution in [2.24, 2.45) is 0 Å². The van der Waals surface area contributed by atoms with Crippen LogP contribution in [0, 0.1) is 13.8 Å². The molecule has 1 saturated carbocycles. The Morgan fingerprint density at radius 2 is 2.20 bits per heavy atom. The summed E-state index contributed by atoms with van der Waals surface area (Å²) in [6.45, 7) is 3.86. The molecule has 104 valence electrons. The Hall–Kier alpha value is -2.24. The molecular weight excluding hydrogens is 256 g/mol. The van der Waals surface area contributed by atoms with E-state index in [9.17, 15) is 4.79 Å². The second-order valence-corrected chi connectivity index (χ2v) is 5.09. The molecule has 0 unspecified atom stereocenters. The summed E-state index contributed by atoms with van der Waals surface area (Å²) < 4.78 is 4.99. The van der Waals surface area contributed by atoms with Crippen LogP contribution < -0.4 is 5.32 Å². The van der Waals surface area contributed by atoms with Gasteiger partial charge in [0.25, 0.3) is 5.91 Å². The SMILES string of the molecule is Cc1noc(C)c1C(=O)NCc1cc(C2CC2)ncn1. The van der Waals surface area contributed by atoms with Crippen LogP contribution in [0.1, 0.15) is 52.0 Å². The van der Waals surface area contributed by atoms with E-state index in [-0.39, 0.29) is 5.91 Å². The van der Waals surface area contributed by atoms with E-state index in [0.29, 0.717) is 29.5 Å². The van der Waals surface area contributed by atoms with Gasteiger partial charge in [0.2, 0.25) is 0 Å². The summed E-state index contributed by atoms with van der Waals surface area (Å²) in [5.74, 6) is 0.921. The lowest BCUT2D eigenvalue weighted by atomic mass is 10.2. The van der Waals surface area contributed by atoms with Crippen LogP contribution in [0.2, 0.25) is 0 Å². The van der Waals surface area contributed by atoms with Crippen LogP contribution >= 0.6 is 0 Å². The van der Waals surface area contributed by atoms with Gasteiger partial charge in [-0.1, -0.05) is 5.16 Å². The molecule has 6 nitrogen and oxygen atoms in total. The topological polar surface area (TPSA) is 80.9 Å². The molecule has 0 bridgehead atoms. The molecule has 1 aliphatic rings. The third-order valence-corrected chi connectivity index (χ3v) is 3.43. The zero-order valence-electron chi connectivity index (χ0n) is 11.5. The smallest absolute Gasteiger partial charge is 0.257 e. The van der Waals surface area contributed by atoms with Gasteiger partial charge in [0.1, 0.15) is 17.7 Å². The number of nitrogens with one attached hydrogen (secondary N) is 1. The van der Waals surface area contributed by atoms with E-state index in [1.54, 1.807) is 20.2 Å². The largest absolute Gasteiger partial charge is 0.361 e. The molecule has 2 aromatic rings. The predicted molar refractivity (Wildman–Crippen MR) is 71.2 cm³/mol. The van der Waals surface area contributed by atoms with Crippen molar-refractivity contribution >= 4 is 5.91 Å². The highest BCUT2D eigenvalue weighted by Gasteiger charge is 2.25. The van der Waals surface area contributed by atoms with Gasteiger partial charge in [-0.3, -0.25) is 4.79 Å². The van der Waals surface area contributed by atoms with E-state index in [2.05, 4.69) is 20.4 Å². The summed E-state index contributed by atoms with van der Waals surface area (Å²) in [5, 5.41) is 6.62. The number of hydrogen-bond acceptors (Lipinski definition) is 5. The molecule has 0 saturated heterocycles. The Kier molecular flexibility index (Phi) is 3.22. The lowest BCUT2D eigenvalue weighted by molar-refractivity contribution is 0.0948. The van der Waals surface area contributed by atoms with Crippen molar-refractivity contribution in [3.05, 3.63) is 40.8 Å². The summed E-state index contributed by atoms with van der Waals surface area (Å²) in [6.07, 6.45) is 3.95. The minimum absolute atomic E-state index is 0.187. The molecule has 2 heterocycles. The van der Waals surface area contributed by atoms with Gasteiger partial charge in [0.05, 0.1) is 17.9 Å². The fourth-order valence-electron chi connectivity index (χ4n) is 2.18. The molecule has 0 radical (unpaired) electrons. The van der Waals surface area contributed by atoms with Gasteiger partial charge in [0.15, 0.2) is 0 Å². The first-order chi connectivity index (χ1) is 9.65. The van der Waals surface area contributed by atoms with Crippen molar-refractivity contribution in [2.75, 3.05) is 0 Å². The first kappa shape index (κ1) is 12.8. The molecule has 0 spiro atoms. The number of hydrogen-bond donors (Lipinski definition) is 1. The van der Waals surface area contributed by atoms with E-state index in [4.69, 9.17) is 4.52 Å². The molecule has 1 N–H and O–H groups in total. The van der Waals surface area contributed by atoms with Crippen molar-refractivity contribution in [2.45, 2.75) is 39.2 Å². The monoisotopic (exact) mass is 272 g/mol. The fourth-order valence-corrected chi connectivity index (χ4v) is 2.18. The maximum atomic E-state index is 12.1. The lowest BCUT2D eigenvalue weighted by Crippen LogP contribution is -2.24. The van der Waals surface area contributed by atoms with Gasteiger partial charge >= 0.3 is 0 Å². The summed E-state index contributed by atoms with van der Waals surface area (Å²) in [6, 6.07) is 1.96. The van der Waals surface area contributed by atoms with Crippen LogP contribution in [0.4, 0.5) is 0 Å². The average Bonchev–Trinajstić information content (AvgIpc) is 3.23. The minimum Gasteiger partial charge on any atom is -0.361 e. The van der Waals surface area contributed by atoms with Gasteiger partial charge in [-0.05, 0) is 32.8 Å². The summed E-state index contributed by atoms with van der Waals surface area (Å²) in [4.78, 5) is 20.5. The number of rotatable bonds is 4. The van der Waals surface area contributed by atoms with Crippen molar-refractivity contribution in [3.63, 3.8) is 0 Å². The number of carbonyl (C=O) groups excluding carboxylic acids is 1. The van der Waals surface area contributed by atoms with Gasteiger partial charge in [-0.25, -0.2) is 9.97 Å². The summed E-state index contributed by atoms with van der Waals surface area (Å²) >= 11 is 0. The first-order valence-electron chi connectivity index (χ1n) is 6.67. The maximum Gasteiger partial charge on any atom is 0.257 e. The molecule has 2 aromatic heterocycles. The minimum atomic E-state index is -0.187. The fraction of sp³-hybridized carbons (Fsp3) is 0.429. The number of carbonyl (C=O) groups is 1. The molecule has 6 heteroatoms. The summed E-state index contributed by atoms with van der Waals surface area (Å²) in [5.41, 5.74) is 2.99. The van der Waals surface area contributed by atoms with Gasteiger partial charge in [0, 0.05) is 11.6 Å². The number of amides is 1. The van der Waals surface area contributed by atoms with Crippen LogP contribution in [0.25, 0.3) is 0 Å². The second kappa shape index (κ2) is 5.03. The van der Waals surface area contributed by atoms with E-state index in [1.807, 2.05) is 6.07 Å². The average molecular weight is 272 g/mol. The molecular formula is C14H16N4O2. The predicted octanol–water partition coefficient (Wildman–Crippen LogP) is 1.89. The van der Waals surface area contributed by atoms with Crippen LogP contribution in [0.15, 0.2) is 16.9 Å². The van der Waals surface area contributed by atoms with Crippen molar-refractivity contribution in [3.8, 4) is 0 Å². The van der Waals surface area contributed by atoms with E-state index in [1.165, 1.54) is 12.8 Å². The molecule has 1 aliphatic carbocycles. The highest BCUT2D eigenvalue weighted by Crippen LogP contribution is 2.38. The van der Waals surface area contributed by atoms with Gasteiger partial charge in [-0.2, -0.15) is 0 Å². The lowest BCUT2D eigenvalue weighted by Gasteiger charge is -2.05. The van der Waals surface area contributed by atoms with Crippen molar-refractivity contribution in [1.82, 2.24) is 20.4 Å². The first-order valence-corrected chi connectivity index (χ1v) is 6.67. The maximum absolute atomic E-state index is 12.1.